The van der Waals surface area contributed by atoms with Gasteiger partial charge in [0.15, 0.2) is 0 Å². The van der Waals surface area contributed by atoms with E-state index in [1.807, 2.05) is 0 Å². The zero-order chi connectivity index (χ0) is 14.8. The molecule has 0 N–H and O–H groups in total. The topological polar surface area (TPSA) is 27.0 Å². The third kappa shape index (κ3) is 2.60. The van der Waals surface area contributed by atoms with Crippen molar-refractivity contribution in [1.82, 2.24) is 4.90 Å². The number of fused-ring (bicyclic) bond motifs is 2. The Hall–Kier alpha value is -1.33. The van der Waals surface area contributed by atoms with E-state index in [2.05, 4.69) is 55.3 Å². The maximum absolute atomic E-state index is 9.47. The highest BCUT2D eigenvalue weighted by molar-refractivity contribution is 5.24. The first-order chi connectivity index (χ1) is 10.3. The first-order valence-electron chi connectivity index (χ1n) is 8.42. The molecule has 0 aromatic heterocycles. The summed E-state index contributed by atoms with van der Waals surface area (Å²) in [6.45, 7) is 2.28. The molecular weight excluding hydrogens is 256 g/mol. The quantitative estimate of drug-likeness (QED) is 0.828. The number of rotatable bonds is 4. The van der Waals surface area contributed by atoms with Crippen molar-refractivity contribution in [1.29, 1.82) is 5.26 Å². The van der Waals surface area contributed by atoms with Crippen LogP contribution < -0.4 is 0 Å². The van der Waals surface area contributed by atoms with Crippen LogP contribution in [-0.2, 0) is 0 Å². The summed E-state index contributed by atoms with van der Waals surface area (Å²) in [7, 11) is 2.24. The molecular formula is C19H26N2. The number of benzene rings is 1. The fraction of sp³-hybridized carbons (Fsp3) is 0.632. The molecule has 3 rings (SSSR count). The fourth-order valence-electron chi connectivity index (χ4n) is 4.68. The van der Waals surface area contributed by atoms with E-state index >= 15 is 0 Å². The van der Waals surface area contributed by atoms with Crippen molar-refractivity contribution in [3.05, 3.63) is 35.9 Å². The van der Waals surface area contributed by atoms with Crippen LogP contribution in [0.25, 0.3) is 0 Å². The lowest BCUT2D eigenvalue weighted by molar-refractivity contribution is 0.0898. The Bertz CT molecular complexity index is 504. The number of nitriles is 1. The summed E-state index contributed by atoms with van der Waals surface area (Å²) in [4.78, 5) is 2.52. The van der Waals surface area contributed by atoms with E-state index in [1.165, 1.54) is 24.8 Å². The highest BCUT2D eigenvalue weighted by Crippen LogP contribution is 2.49. The number of nitrogens with zero attached hydrogens (tertiary/aromatic N) is 2. The molecule has 21 heavy (non-hydrogen) atoms. The van der Waals surface area contributed by atoms with Crippen LogP contribution in [0.1, 0.15) is 50.5 Å². The molecule has 2 nitrogen and oxygen atoms in total. The monoisotopic (exact) mass is 282 g/mol. The zero-order valence-electron chi connectivity index (χ0n) is 13.2. The van der Waals surface area contributed by atoms with Crippen molar-refractivity contribution in [2.24, 2.45) is 11.8 Å². The largest absolute Gasteiger partial charge is 0.299 e. The summed E-state index contributed by atoms with van der Waals surface area (Å²) < 4.78 is 0. The van der Waals surface area contributed by atoms with Gasteiger partial charge in [-0.25, -0.2) is 0 Å². The lowest BCUT2D eigenvalue weighted by Gasteiger charge is -2.43. The van der Waals surface area contributed by atoms with Crippen LogP contribution in [-0.4, -0.2) is 24.0 Å². The highest BCUT2D eigenvalue weighted by atomic mass is 15.2. The van der Waals surface area contributed by atoms with Crippen molar-refractivity contribution in [3.63, 3.8) is 0 Å². The van der Waals surface area contributed by atoms with Gasteiger partial charge in [0.1, 0.15) is 0 Å². The first-order valence-corrected chi connectivity index (χ1v) is 8.42. The second-order valence-electron chi connectivity index (χ2n) is 6.83. The number of unbranched alkanes of at least 4 members (excludes halogenated alkanes) is 1. The van der Waals surface area contributed by atoms with Gasteiger partial charge in [0.05, 0.1) is 12.0 Å². The second kappa shape index (κ2) is 6.20. The molecule has 0 amide bonds. The van der Waals surface area contributed by atoms with Crippen molar-refractivity contribution in [3.8, 4) is 6.07 Å². The van der Waals surface area contributed by atoms with E-state index in [9.17, 15) is 5.26 Å². The van der Waals surface area contributed by atoms with E-state index in [4.69, 9.17) is 0 Å². The molecule has 2 aliphatic rings. The molecule has 5 atom stereocenters. The first kappa shape index (κ1) is 14.6. The van der Waals surface area contributed by atoms with E-state index in [0.717, 1.165) is 12.8 Å². The average molecular weight is 282 g/mol. The van der Waals surface area contributed by atoms with Gasteiger partial charge in [-0.15, -0.1) is 0 Å². The second-order valence-corrected chi connectivity index (χ2v) is 6.83. The molecule has 2 bridgehead atoms. The van der Waals surface area contributed by atoms with Gasteiger partial charge in [-0.2, -0.15) is 5.26 Å². The molecule has 1 aromatic rings. The van der Waals surface area contributed by atoms with Crippen LogP contribution in [0, 0.1) is 23.2 Å². The van der Waals surface area contributed by atoms with Crippen molar-refractivity contribution in [2.75, 3.05) is 7.05 Å². The standard InChI is InChI=1S/C19H26N2/c1-3-4-10-16-17(14-8-6-5-7-9-14)12-18-15(13-20)11-19(16)21(18)2/h5-9,15-19H,3-4,10-12H2,1-2H3/t15?,16-,17-,18?,19?/m0/s1. The minimum Gasteiger partial charge on any atom is -0.299 e. The van der Waals surface area contributed by atoms with Gasteiger partial charge in [0.2, 0.25) is 0 Å². The van der Waals surface area contributed by atoms with Crippen LogP contribution in [0.3, 0.4) is 0 Å². The number of hydrogen-bond donors (Lipinski definition) is 0. The Morgan fingerprint density at radius 2 is 1.95 bits per heavy atom. The summed E-state index contributed by atoms with van der Waals surface area (Å²) in [6, 6.07) is 14.6. The van der Waals surface area contributed by atoms with Crippen LogP contribution in [0.2, 0.25) is 0 Å². The van der Waals surface area contributed by atoms with Crippen LogP contribution in [0.5, 0.6) is 0 Å². The molecule has 2 heteroatoms. The predicted octanol–water partition coefficient (Wildman–Crippen LogP) is 4.19. The van der Waals surface area contributed by atoms with Crippen LogP contribution in [0.15, 0.2) is 30.3 Å². The van der Waals surface area contributed by atoms with Crippen molar-refractivity contribution < 1.29 is 0 Å². The summed E-state index contributed by atoms with van der Waals surface area (Å²) in [5, 5.41) is 9.47. The maximum atomic E-state index is 9.47. The van der Waals surface area contributed by atoms with Gasteiger partial charge in [0, 0.05) is 12.1 Å². The van der Waals surface area contributed by atoms with E-state index in [1.54, 1.807) is 0 Å². The lowest BCUT2D eigenvalue weighted by atomic mass is 9.74. The summed E-state index contributed by atoms with van der Waals surface area (Å²) in [5.41, 5.74) is 1.49. The van der Waals surface area contributed by atoms with Crippen molar-refractivity contribution >= 4 is 0 Å². The highest BCUT2D eigenvalue weighted by Gasteiger charge is 2.50. The molecule has 2 aliphatic heterocycles. The van der Waals surface area contributed by atoms with Gasteiger partial charge in [-0.1, -0.05) is 50.1 Å². The van der Waals surface area contributed by atoms with Gasteiger partial charge >= 0.3 is 0 Å². The molecule has 0 aliphatic carbocycles. The van der Waals surface area contributed by atoms with Crippen molar-refractivity contribution in [2.45, 2.75) is 57.0 Å². The van der Waals surface area contributed by atoms with Crippen LogP contribution in [0.4, 0.5) is 0 Å². The Morgan fingerprint density at radius 1 is 1.19 bits per heavy atom. The smallest absolute Gasteiger partial charge is 0.0672 e. The molecule has 3 unspecified atom stereocenters. The Labute approximate surface area is 128 Å². The lowest BCUT2D eigenvalue weighted by Crippen LogP contribution is -2.46. The third-order valence-corrected chi connectivity index (χ3v) is 5.80. The maximum Gasteiger partial charge on any atom is 0.0672 e. The molecule has 0 saturated carbocycles. The minimum absolute atomic E-state index is 0.234. The molecule has 2 fully saturated rings. The normalized spacial score (nSPS) is 35.6. The number of piperidine rings is 1. The summed E-state index contributed by atoms with van der Waals surface area (Å²) in [5.74, 6) is 1.59. The summed E-state index contributed by atoms with van der Waals surface area (Å²) >= 11 is 0. The predicted molar refractivity (Wildman–Crippen MR) is 85.9 cm³/mol. The van der Waals surface area contributed by atoms with E-state index < -0.39 is 0 Å². The van der Waals surface area contributed by atoms with Crippen LogP contribution >= 0.6 is 0 Å². The molecule has 2 saturated heterocycles. The molecule has 1 aromatic carbocycles. The molecule has 0 spiro atoms. The molecule has 2 heterocycles. The van der Waals surface area contributed by atoms with Gasteiger partial charge in [-0.3, -0.25) is 4.90 Å². The SMILES string of the molecule is CCCC[C@@H]1C2CC(C#N)C(C[C@H]1c1ccccc1)N2C. The summed E-state index contributed by atoms with van der Waals surface area (Å²) in [6.07, 6.45) is 6.11. The molecule has 112 valence electrons. The Kier molecular flexibility index (Phi) is 4.31. The van der Waals surface area contributed by atoms with Gasteiger partial charge in [-0.05, 0) is 43.7 Å². The van der Waals surface area contributed by atoms with Gasteiger partial charge < -0.3 is 0 Å². The number of hydrogen-bond acceptors (Lipinski definition) is 2. The fourth-order valence-corrected chi connectivity index (χ4v) is 4.68. The third-order valence-electron chi connectivity index (χ3n) is 5.80. The average Bonchev–Trinajstić information content (AvgIpc) is 2.74. The Morgan fingerprint density at radius 3 is 2.62 bits per heavy atom. The zero-order valence-corrected chi connectivity index (χ0v) is 13.2. The molecule has 0 radical (unpaired) electrons. The van der Waals surface area contributed by atoms with E-state index in [0.29, 0.717) is 23.9 Å². The van der Waals surface area contributed by atoms with E-state index in [-0.39, 0.29) is 5.92 Å². The van der Waals surface area contributed by atoms with Gasteiger partial charge in [0.25, 0.3) is 0 Å². The Balaban J connectivity index is 1.90. The minimum atomic E-state index is 0.234.